The summed E-state index contributed by atoms with van der Waals surface area (Å²) in [5, 5.41) is 0. The Labute approximate surface area is 226 Å². The first-order chi connectivity index (χ1) is 18.4. The molecule has 0 radical (unpaired) electrons. The smallest absolute Gasteiger partial charge is 0.201 e. The maximum Gasteiger partial charge on any atom is 0.201 e. The first-order valence-corrected chi connectivity index (χ1v) is 15.0. The monoisotopic (exact) mass is 532 g/mol. The molecule has 0 atom stereocenters. The second kappa shape index (κ2) is 13.8. The predicted molar refractivity (Wildman–Crippen MR) is 146 cm³/mol. The van der Waals surface area contributed by atoms with Crippen molar-refractivity contribution in [1.29, 1.82) is 0 Å². The van der Waals surface area contributed by atoms with Gasteiger partial charge in [-0.05, 0) is 86.8 Å². The number of rotatable bonds is 11. The van der Waals surface area contributed by atoms with E-state index >= 15 is 0 Å². The van der Waals surface area contributed by atoms with E-state index in [0.29, 0.717) is 12.0 Å². The third kappa shape index (κ3) is 6.93. The highest BCUT2D eigenvalue weighted by atomic mass is 19.2. The summed E-state index contributed by atoms with van der Waals surface area (Å²) in [6.07, 6.45) is 17.2. The van der Waals surface area contributed by atoms with Crippen molar-refractivity contribution in [2.75, 3.05) is 6.61 Å². The molecule has 2 aromatic rings. The van der Waals surface area contributed by atoms with Crippen molar-refractivity contribution in [3.63, 3.8) is 0 Å². The molecule has 0 aromatic heterocycles. The van der Waals surface area contributed by atoms with E-state index in [1.165, 1.54) is 88.5 Å². The average molecular weight is 533 g/mol. The van der Waals surface area contributed by atoms with E-state index in [1.807, 2.05) is 0 Å². The Bertz CT molecular complexity index is 1040. The summed E-state index contributed by atoms with van der Waals surface area (Å²) in [4.78, 5) is 0. The fraction of sp³-hybridized carbons (Fsp3) is 0.636. The van der Waals surface area contributed by atoms with E-state index in [4.69, 9.17) is 4.74 Å². The van der Waals surface area contributed by atoms with Gasteiger partial charge < -0.3 is 4.74 Å². The van der Waals surface area contributed by atoms with Gasteiger partial charge in [0, 0.05) is 11.1 Å². The average Bonchev–Trinajstić information content (AvgIpc) is 2.93. The van der Waals surface area contributed by atoms with E-state index in [2.05, 4.69) is 6.92 Å². The summed E-state index contributed by atoms with van der Waals surface area (Å²) >= 11 is 0. The Morgan fingerprint density at radius 1 is 0.632 bits per heavy atom. The number of hydrogen-bond acceptors (Lipinski definition) is 1. The van der Waals surface area contributed by atoms with Gasteiger partial charge in [-0.1, -0.05) is 70.4 Å². The summed E-state index contributed by atoms with van der Waals surface area (Å²) in [5.74, 6) is -1.19. The molecule has 2 aliphatic carbocycles. The molecule has 2 aliphatic rings. The Morgan fingerprint density at radius 2 is 1.18 bits per heavy atom. The number of aryl methyl sites for hydroxylation is 1. The molecule has 2 fully saturated rings. The maximum atomic E-state index is 14.9. The second-order valence-corrected chi connectivity index (χ2v) is 11.7. The predicted octanol–water partition coefficient (Wildman–Crippen LogP) is 10.4. The van der Waals surface area contributed by atoms with Crippen LogP contribution in [-0.2, 0) is 6.42 Å². The molecule has 38 heavy (non-hydrogen) atoms. The first-order valence-electron chi connectivity index (χ1n) is 15.0. The summed E-state index contributed by atoms with van der Waals surface area (Å²) < 4.78 is 63.5. The fourth-order valence-corrected chi connectivity index (χ4v) is 7.05. The minimum Gasteiger partial charge on any atom is -0.491 e. The second-order valence-electron chi connectivity index (χ2n) is 11.7. The topological polar surface area (TPSA) is 9.23 Å². The van der Waals surface area contributed by atoms with E-state index in [9.17, 15) is 17.6 Å². The zero-order chi connectivity index (χ0) is 27.1. The van der Waals surface area contributed by atoms with Gasteiger partial charge in [0.25, 0.3) is 0 Å². The molecule has 0 unspecified atom stereocenters. The van der Waals surface area contributed by atoms with Gasteiger partial charge in [-0.25, -0.2) is 13.2 Å². The largest absolute Gasteiger partial charge is 0.491 e. The van der Waals surface area contributed by atoms with Gasteiger partial charge >= 0.3 is 0 Å². The molecule has 0 aliphatic heterocycles. The Hall–Kier alpha value is -2.04. The van der Waals surface area contributed by atoms with Crippen LogP contribution in [0.5, 0.6) is 5.75 Å². The van der Waals surface area contributed by atoms with Gasteiger partial charge in [0.15, 0.2) is 23.2 Å². The lowest BCUT2D eigenvalue weighted by atomic mass is 9.68. The standard InChI is InChI=1S/C33H44F4O/c1-3-7-22-10-14-24(15-11-22)25-16-12-23(13-17-25)8-5-6-9-26-18-19-27(31(35)30(26)34)28-20-21-29(38-4-2)33(37)32(28)36/h18-25H,3-17H2,1-2H3/t22-,23?,24-,25?. The van der Waals surface area contributed by atoms with Crippen LogP contribution in [0.2, 0.25) is 0 Å². The number of hydrogen-bond donors (Lipinski definition) is 0. The number of unbranched alkanes of at least 4 members (excludes halogenated alkanes) is 1. The lowest BCUT2D eigenvalue weighted by molar-refractivity contribution is 0.140. The number of ether oxygens (including phenoxy) is 1. The molecule has 2 saturated carbocycles. The van der Waals surface area contributed by atoms with Crippen molar-refractivity contribution < 1.29 is 22.3 Å². The molecule has 210 valence electrons. The van der Waals surface area contributed by atoms with Crippen LogP contribution in [0.1, 0.15) is 103 Å². The number of benzene rings is 2. The lowest BCUT2D eigenvalue weighted by Crippen LogP contribution is -2.25. The van der Waals surface area contributed by atoms with Crippen molar-refractivity contribution in [3.8, 4) is 16.9 Å². The van der Waals surface area contributed by atoms with Gasteiger partial charge in [-0.2, -0.15) is 4.39 Å². The highest BCUT2D eigenvalue weighted by Gasteiger charge is 2.30. The van der Waals surface area contributed by atoms with Gasteiger partial charge in [0.05, 0.1) is 6.61 Å². The zero-order valence-electron chi connectivity index (χ0n) is 23.1. The Morgan fingerprint density at radius 3 is 1.76 bits per heavy atom. The molecule has 0 heterocycles. The molecule has 0 bridgehead atoms. The Balaban J connectivity index is 1.23. The molecular formula is C33H44F4O. The summed E-state index contributed by atoms with van der Waals surface area (Å²) in [7, 11) is 0. The minimum absolute atomic E-state index is 0.175. The van der Waals surface area contributed by atoms with Crippen LogP contribution in [0, 0.1) is 46.9 Å². The van der Waals surface area contributed by atoms with Crippen LogP contribution in [0.15, 0.2) is 24.3 Å². The van der Waals surface area contributed by atoms with Gasteiger partial charge in [0.1, 0.15) is 0 Å². The molecule has 1 nitrogen and oxygen atoms in total. The van der Waals surface area contributed by atoms with Gasteiger partial charge in [-0.3, -0.25) is 0 Å². The van der Waals surface area contributed by atoms with Crippen molar-refractivity contribution in [2.24, 2.45) is 23.7 Å². The number of halogens is 4. The molecule has 0 amide bonds. The highest BCUT2D eigenvalue weighted by Crippen LogP contribution is 2.43. The third-order valence-corrected chi connectivity index (χ3v) is 9.25. The Kier molecular flexibility index (Phi) is 10.6. The van der Waals surface area contributed by atoms with Crippen molar-refractivity contribution in [1.82, 2.24) is 0 Å². The van der Waals surface area contributed by atoms with Crippen LogP contribution < -0.4 is 4.74 Å². The molecule has 4 rings (SSSR count). The molecule has 2 aromatic carbocycles. The van der Waals surface area contributed by atoms with Crippen LogP contribution in [0.4, 0.5) is 17.6 Å². The van der Waals surface area contributed by atoms with Crippen LogP contribution in [0.3, 0.4) is 0 Å². The molecule has 0 saturated heterocycles. The normalized spacial score (nSPS) is 23.9. The quantitative estimate of drug-likeness (QED) is 0.207. The lowest BCUT2D eigenvalue weighted by Gasteiger charge is -2.38. The SMILES string of the molecule is CCC[C@H]1CC[C@H](C2CCC(CCCCc3ccc(-c4ccc(OCC)c(F)c4F)c(F)c3F)CC2)CC1. The minimum atomic E-state index is -1.24. The molecule has 0 spiro atoms. The molecule has 5 heteroatoms. The highest BCUT2D eigenvalue weighted by molar-refractivity contribution is 5.66. The van der Waals surface area contributed by atoms with Crippen LogP contribution in [-0.4, -0.2) is 6.61 Å². The van der Waals surface area contributed by atoms with E-state index < -0.39 is 23.3 Å². The van der Waals surface area contributed by atoms with Crippen molar-refractivity contribution in [3.05, 3.63) is 53.1 Å². The van der Waals surface area contributed by atoms with Crippen molar-refractivity contribution in [2.45, 2.75) is 104 Å². The van der Waals surface area contributed by atoms with E-state index in [0.717, 1.165) is 42.9 Å². The summed E-state index contributed by atoms with van der Waals surface area (Å²) in [5.41, 5.74) is -0.291. The third-order valence-electron chi connectivity index (χ3n) is 9.25. The van der Waals surface area contributed by atoms with Crippen molar-refractivity contribution >= 4 is 0 Å². The van der Waals surface area contributed by atoms with Crippen LogP contribution >= 0.6 is 0 Å². The van der Waals surface area contributed by atoms with Gasteiger partial charge in [0.2, 0.25) is 5.82 Å². The van der Waals surface area contributed by atoms with Crippen LogP contribution in [0.25, 0.3) is 11.1 Å². The van der Waals surface area contributed by atoms with E-state index in [1.54, 1.807) is 6.92 Å². The molecule has 0 N–H and O–H groups in total. The molecular weight excluding hydrogens is 488 g/mol. The zero-order valence-corrected chi connectivity index (χ0v) is 23.1. The first kappa shape index (κ1) is 29.0. The summed E-state index contributed by atoms with van der Waals surface area (Å²) in [6.45, 7) is 4.13. The summed E-state index contributed by atoms with van der Waals surface area (Å²) in [6, 6.07) is 5.33. The maximum absolute atomic E-state index is 14.9. The van der Waals surface area contributed by atoms with E-state index in [-0.39, 0.29) is 23.5 Å². The fourth-order valence-electron chi connectivity index (χ4n) is 7.05. The van der Waals surface area contributed by atoms with Gasteiger partial charge in [-0.15, -0.1) is 0 Å².